The molecular formula is C6H11AuClN. The summed E-state index contributed by atoms with van der Waals surface area (Å²) in [5, 5.41) is 0. The van der Waals surface area contributed by atoms with Gasteiger partial charge in [-0.3, -0.25) is 0 Å². The molecule has 9 heavy (non-hydrogen) atoms. The first-order valence-electron chi connectivity index (χ1n) is 2.86. The normalized spacial score (nSPS) is 7.00. The molecule has 0 aliphatic heterocycles. The Morgan fingerprint density at radius 1 is 1.44 bits per heavy atom. The van der Waals surface area contributed by atoms with Gasteiger partial charge in [-0.05, 0) is 6.42 Å². The fraction of sp³-hybridized carbons (Fsp3) is 0.833. The van der Waals surface area contributed by atoms with E-state index in [9.17, 15) is 0 Å². The zero-order chi connectivity index (χ0) is 7.54. The van der Waals surface area contributed by atoms with Gasteiger partial charge in [-0.25, -0.2) is 6.57 Å². The van der Waals surface area contributed by atoms with Gasteiger partial charge in [0.1, 0.15) is 0 Å². The quantitative estimate of drug-likeness (QED) is 0.426. The fourth-order valence-corrected chi connectivity index (χ4v) is 0.441. The molecule has 0 saturated heterocycles. The van der Waals surface area contributed by atoms with E-state index in [1.165, 1.54) is 12.8 Å². The van der Waals surface area contributed by atoms with Crippen molar-refractivity contribution in [3.8, 4) is 0 Å². The Morgan fingerprint density at radius 3 is 2.33 bits per heavy atom. The summed E-state index contributed by atoms with van der Waals surface area (Å²) in [5.74, 6) is 0. The van der Waals surface area contributed by atoms with Gasteiger partial charge in [-0.15, -0.1) is 0 Å². The number of unbranched alkanes of at least 4 members (excludes halogenated alkanes) is 2. The van der Waals surface area contributed by atoms with Crippen molar-refractivity contribution in [2.45, 2.75) is 26.2 Å². The average molecular weight is 330 g/mol. The molecule has 0 aromatic carbocycles. The second-order valence-electron chi connectivity index (χ2n) is 1.59. The SMILES string of the molecule is [C-]#[N+]CCCCC.[Cl][Au]. The number of hydrogen-bond donors (Lipinski definition) is 0. The first-order valence-corrected chi connectivity index (χ1v) is 5.55. The van der Waals surface area contributed by atoms with E-state index >= 15 is 0 Å². The van der Waals surface area contributed by atoms with Crippen molar-refractivity contribution in [1.82, 2.24) is 0 Å². The maximum absolute atomic E-state index is 6.41. The van der Waals surface area contributed by atoms with Crippen LogP contribution in [0.5, 0.6) is 0 Å². The Kier molecular flexibility index (Phi) is 21.5. The maximum atomic E-state index is 6.41. The van der Waals surface area contributed by atoms with Gasteiger partial charge in [0.2, 0.25) is 6.54 Å². The van der Waals surface area contributed by atoms with Crippen LogP contribution in [-0.2, 0) is 20.0 Å². The molecule has 0 rings (SSSR count). The summed E-state index contributed by atoms with van der Waals surface area (Å²) in [6, 6.07) is 0. The molecule has 0 aliphatic carbocycles. The van der Waals surface area contributed by atoms with Gasteiger partial charge in [-0.1, -0.05) is 13.3 Å². The third-order valence-corrected chi connectivity index (χ3v) is 0.873. The molecule has 0 aromatic rings. The monoisotopic (exact) mass is 329 g/mol. The third kappa shape index (κ3) is 17.7. The zero-order valence-corrected chi connectivity index (χ0v) is 8.38. The second-order valence-corrected chi connectivity index (χ2v) is 1.59. The summed E-state index contributed by atoms with van der Waals surface area (Å²) in [7, 11) is 4.58. The van der Waals surface area contributed by atoms with Crippen molar-refractivity contribution in [1.29, 1.82) is 0 Å². The number of halogens is 1. The molecule has 0 N–H and O–H groups in total. The molecule has 0 heterocycles. The molecule has 0 unspecified atom stereocenters. The number of rotatable bonds is 3. The van der Waals surface area contributed by atoms with Gasteiger partial charge in [0.25, 0.3) is 0 Å². The Morgan fingerprint density at radius 2 is 2.00 bits per heavy atom. The van der Waals surface area contributed by atoms with Crippen LogP contribution in [0.25, 0.3) is 4.85 Å². The topological polar surface area (TPSA) is 4.36 Å². The van der Waals surface area contributed by atoms with E-state index in [1.807, 2.05) is 0 Å². The van der Waals surface area contributed by atoms with Crippen molar-refractivity contribution in [3.63, 3.8) is 0 Å². The molecule has 3 heteroatoms. The number of hydrogen-bond acceptors (Lipinski definition) is 0. The van der Waals surface area contributed by atoms with E-state index in [-0.39, 0.29) is 0 Å². The predicted molar refractivity (Wildman–Crippen MR) is 36.8 cm³/mol. The first-order chi connectivity index (χ1) is 4.41. The Hall–Kier alpha value is 0.520. The van der Waals surface area contributed by atoms with Crippen LogP contribution in [0.4, 0.5) is 0 Å². The Balaban J connectivity index is 0. The summed E-state index contributed by atoms with van der Waals surface area (Å²) >= 11 is 1.75. The average Bonchev–Trinajstić information content (AvgIpc) is 1.94. The van der Waals surface area contributed by atoms with Crippen LogP contribution in [0.3, 0.4) is 0 Å². The van der Waals surface area contributed by atoms with Crippen molar-refractivity contribution >= 4 is 9.19 Å². The molecular weight excluding hydrogens is 318 g/mol. The molecule has 0 bridgehead atoms. The van der Waals surface area contributed by atoms with Crippen LogP contribution in [0.1, 0.15) is 26.2 Å². The molecule has 0 fully saturated rings. The van der Waals surface area contributed by atoms with E-state index in [4.69, 9.17) is 6.57 Å². The molecule has 0 atom stereocenters. The predicted octanol–water partition coefficient (Wildman–Crippen LogP) is 2.78. The third-order valence-electron chi connectivity index (χ3n) is 0.873. The van der Waals surface area contributed by atoms with Crippen LogP contribution in [0.2, 0.25) is 0 Å². The molecule has 0 radical (unpaired) electrons. The van der Waals surface area contributed by atoms with E-state index < -0.39 is 0 Å². The van der Waals surface area contributed by atoms with E-state index in [1.54, 1.807) is 20.0 Å². The van der Waals surface area contributed by atoms with Crippen LogP contribution < -0.4 is 0 Å². The molecule has 0 saturated carbocycles. The van der Waals surface area contributed by atoms with E-state index in [0.29, 0.717) is 6.54 Å². The number of nitrogens with zero attached hydrogens (tertiary/aromatic N) is 1. The van der Waals surface area contributed by atoms with E-state index in [2.05, 4.69) is 21.0 Å². The first kappa shape index (κ1) is 12.2. The Bertz CT molecular complexity index is 69.9. The summed E-state index contributed by atoms with van der Waals surface area (Å²) in [5.41, 5.74) is 0. The van der Waals surface area contributed by atoms with Gasteiger partial charge in [0.15, 0.2) is 0 Å². The summed E-state index contributed by atoms with van der Waals surface area (Å²) in [4.78, 5) is 3.22. The molecule has 58 valence electrons. The standard InChI is InChI=1S/C6H11N.Au.ClH/c1-3-4-5-6-7-2;;/h3-6H2,1H3;;1H/q;+1;/p-1. The van der Waals surface area contributed by atoms with E-state index in [0.717, 1.165) is 6.42 Å². The van der Waals surface area contributed by atoms with Crippen LogP contribution in [-0.4, -0.2) is 6.54 Å². The van der Waals surface area contributed by atoms with Crippen LogP contribution in [0.15, 0.2) is 0 Å². The van der Waals surface area contributed by atoms with Gasteiger partial charge in [-0.2, -0.15) is 0 Å². The van der Waals surface area contributed by atoms with Gasteiger partial charge in [0.05, 0.1) is 0 Å². The minimum absolute atomic E-state index is 0.716. The van der Waals surface area contributed by atoms with Gasteiger partial charge in [0, 0.05) is 6.42 Å². The zero-order valence-electron chi connectivity index (χ0n) is 5.46. The van der Waals surface area contributed by atoms with Crippen molar-refractivity contribution in [2.75, 3.05) is 6.54 Å². The molecule has 0 aromatic heterocycles. The summed E-state index contributed by atoms with van der Waals surface area (Å²) in [6.07, 6.45) is 3.51. The summed E-state index contributed by atoms with van der Waals surface area (Å²) in [6.45, 7) is 9.26. The van der Waals surface area contributed by atoms with Crippen LogP contribution in [0, 0.1) is 6.57 Å². The molecule has 1 nitrogen and oxygen atoms in total. The van der Waals surface area contributed by atoms with Crippen molar-refractivity contribution in [2.24, 2.45) is 0 Å². The molecule has 0 spiro atoms. The summed E-state index contributed by atoms with van der Waals surface area (Å²) < 4.78 is 0. The van der Waals surface area contributed by atoms with Crippen molar-refractivity contribution in [3.05, 3.63) is 11.4 Å². The van der Waals surface area contributed by atoms with Gasteiger partial charge >= 0.3 is 29.2 Å². The van der Waals surface area contributed by atoms with Crippen molar-refractivity contribution < 1.29 is 20.0 Å². The minimum atomic E-state index is 0.716. The van der Waals surface area contributed by atoms with Crippen LogP contribution >= 0.6 is 9.19 Å². The second kappa shape index (κ2) is 15.8. The van der Waals surface area contributed by atoms with Gasteiger partial charge < -0.3 is 4.85 Å². The molecule has 0 aliphatic rings. The molecule has 0 amide bonds. The fourth-order valence-electron chi connectivity index (χ4n) is 0.441. The Labute approximate surface area is 73.3 Å².